The first-order valence-electron chi connectivity index (χ1n) is 10.7. The third-order valence-corrected chi connectivity index (χ3v) is 5.28. The molecular formula is C22H28F3N3O6. The molecule has 9 nitrogen and oxygen atoms in total. The van der Waals surface area contributed by atoms with Gasteiger partial charge in [-0.2, -0.15) is 13.2 Å². The number of esters is 1. The van der Waals surface area contributed by atoms with Crippen molar-refractivity contribution in [1.29, 1.82) is 0 Å². The zero-order valence-corrected chi connectivity index (χ0v) is 19.2. The number of para-hydroxylation sites is 1. The van der Waals surface area contributed by atoms with Crippen molar-refractivity contribution in [3.63, 3.8) is 0 Å². The zero-order valence-electron chi connectivity index (χ0n) is 19.2. The lowest BCUT2D eigenvalue weighted by molar-refractivity contribution is -0.163. The molecule has 1 heterocycles. The number of halogens is 3. The number of hydrogen-bond acceptors (Lipinski definition) is 6. The second-order valence-electron chi connectivity index (χ2n) is 8.04. The van der Waals surface area contributed by atoms with E-state index in [1.165, 1.54) is 6.92 Å². The summed E-state index contributed by atoms with van der Waals surface area (Å²) in [6.45, 7) is 3.11. The summed E-state index contributed by atoms with van der Waals surface area (Å²) in [6.07, 6.45) is -6.56. The van der Waals surface area contributed by atoms with E-state index in [-0.39, 0.29) is 32.5 Å². The Labute approximate surface area is 194 Å². The third-order valence-electron chi connectivity index (χ3n) is 5.28. The summed E-state index contributed by atoms with van der Waals surface area (Å²) in [5.74, 6) is -2.37. The molecule has 1 atom stereocenters. The standard InChI is InChI=1S/C22H28F3N3O6/c1-13-5-4-6-14(2)18(13)27-17(29)11-26-19(30)15(3)34-20(31)16-7-9-28(10-8-16)21(32)33-12-22(23,24)25/h4-6,15-16H,7-12H2,1-3H3,(H,26,30)(H,27,29). The Morgan fingerprint density at radius 2 is 1.71 bits per heavy atom. The van der Waals surface area contributed by atoms with Gasteiger partial charge in [-0.15, -0.1) is 0 Å². The number of amides is 3. The van der Waals surface area contributed by atoms with Gasteiger partial charge in [0.2, 0.25) is 5.91 Å². The topological polar surface area (TPSA) is 114 Å². The van der Waals surface area contributed by atoms with Gasteiger partial charge in [-0.25, -0.2) is 4.79 Å². The molecule has 3 amide bonds. The number of piperidine rings is 1. The van der Waals surface area contributed by atoms with Crippen molar-refractivity contribution in [2.24, 2.45) is 5.92 Å². The number of nitrogens with one attached hydrogen (secondary N) is 2. The van der Waals surface area contributed by atoms with E-state index in [9.17, 15) is 32.3 Å². The van der Waals surface area contributed by atoms with Crippen molar-refractivity contribution in [2.45, 2.75) is 45.9 Å². The molecule has 1 aliphatic rings. The largest absolute Gasteiger partial charge is 0.452 e. The number of carbonyl (C=O) groups excluding carboxylic acids is 4. The number of anilines is 1. The van der Waals surface area contributed by atoms with Crippen LogP contribution in [0.5, 0.6) is 0 Å². The van der Waals surface area contributed by atoms with Gasteiger partial charge in [0, 0.05) is 18.8 Å². The fourth-order valence-electron chi connectivity index (χ4n) is 3.36. The van der Waals surface area contributed by atoms with E-state index in [2.05, 4.69) is 15.4 Å². The van der Waals surface area contributed by atoms with Crippen LogP contribution < -0.4 is 10.6 Å². The Morgan fingerprint density at radius 3 is 2.26 bits per heavy atom. The Morgan fingerprint density at radius 1 is 1.12 bits per heavy atom. The molecule has 1 aromatic rings. The van der Waals surface area contributed by atoms with Crippen LogP contribution >= 0.6 is 0 Å². The zero-order chi connectivity index (χ0) is 25.5. The lowest BCUT2D eigenvalue weighted by atomic mass is 9.97. The number of rotatable bonds is 7. The first-order chi connectivity index (χ1) is 15.9. The number of aryl methyl sites for hydroxylation is 2. The van der Waals surface area contributed by atoms with E-state index in [1.54, 1.807) is 0 Å². The first-order valence-corrected chi connectivity index (χ1v) is 10.7. The van der Waals surface area contributed by atoms with E-state index in [4.69, 9.17) is 4.74 Å². The van der Waals surface area contributed by atoms with Gasteiger partial charge >= 0.3 is 18.2 Å². The van der Waals surface area contributed by atoms with Crippen LogP contribution in [0.1, 0.15) is 30.9 Å². The van der Waals surface area contributed by atoms with Crippen molar-refractivity contribution >= 4 is 29.6 Å². The van der Waals surface area contributed by atoms with Gasteiger partial charge in [-0.05, 0) is 44.7 Å². The number of alkyl halides is 3. The number of carbonyl (C=O) groups is 4. The Bertz CT molecular complexity index is 893. The maximum absolute atomic E-state index is 12.3. The van der Waals surface area contributed by atoms with Crippen molar-refractivity contribution in [3.8, 4) is 0 Å². The Kier molecular flexibility index (Phi) is 9.28. The number of benzene rings is 1. The van der Waals surface area contributed by atoms with E-state index < -0.39 is 48.7 Å². The highest BCUT2D eigenvalue weighted by molar-refractivity contribution is 5.96. The van der Waals surface area contributed by atoms with E-state index >= 15 is 0 Å². The first kappa shape index (κ1) is 26.9. The summed E-state index contributed by atoms with van der Waals surface area (Å²) in [4.78, 5) is 49.5. The molecule has 188 valence electrons. The summed E-state index contributed by atoms with van der Waals surface area (Å²) in [6, 6.07) is 5.55. The smallest absolute Gasteiger partial charge is 0.422 e. The quantitative estimate of drug-likeness (QED) is 0.572. The minimum absolute atomic E-state index is 0.0233. The van der Waals surface area contributed by atoms with E-state index in [1.807, 2.05) is 32.0 Å². The molecule has 1 saturated heterocycles. The highest BCUT2D eigenvalue weighted by atomic mass is 19.4. The Balaban J connectivity index is 1.73. The molecule has 2 N–H and O–H groups in total. The average molecular weight is 487 g/mol. The van der Waals surface area contributed by atoms with Crippen molar-refractivity contribution < 1.29 is 41.8 Å². The summed E-state index contributed by atoms with van der Waals surface area (Å²) in [5, 5.41) is 5.14. The third kappa shape index (κ3) is 8.23. The average Bonchev–Trinajstić information content (AvgIpc) is 2.77. The molecule has 2 rings (SSSR count). The molecule has 0 aromatic heterocycles. The van der Waals surface area contributed by atoms with Crippen molar-refractivity contribution in [3.05, 3.63) is 29.3 Å². The summed E-state index contributed by atoms with van der Waals surface area (Å²) < 4.78 is 45.8. The van der Waals surface area contributed by atoms with Crippen LogP contribution in [0.15, 0.2) is 18.2 Å². The molecule has 0 radical (unpaired) electrons. The summed E-state index contributed by atoms with van der Waals surface area (Å²) in [7, 11) is 0. The molecule has 34 heavy (non-hydrogen) atoms. The number of ether oxygens (including phenoxy) is 2. The van der Waals surface area contributed by atoms with Crippen molar-refractivity contribution in [1.82, 2.24) is 10.2 Å². The molecule has 1 aromatic carbocycles. The minimum atomic E-state index is -4.62. The number of nitrogens with zero attached hydrogens (tertiary/aromatic N) is 1. The molecule has 0 saturated carbocycles. The molecular weight excluding hydrogens is 459 g/mol. The monoisotopic (exact) mass is 487 g/mol. The number of hydrogen-bond donors (Lipinski definition) is 2. The van der Waals surface area contributed by atoms with Gasteiger partial charge in [-0.3, -0.25) is 14.4 Å². The van der Waals surface area contributed by atoms with Gasteiger partial charge in [-0.1, -0.05) is 18.2 Å². The van der Waals surface area contributed by atoms with Crippen LogP contribution in [-0.2, 0) is 23.9 Å². The molecule has 1 aliphatic heterocycles. The molecule has 1 fully saturated rings. The Hall–Kier alpha value is -3.31. The van der Waals surface area contributed by atoms with Crippen LogP contribution in [0.2, 0.25) is 0 Å². The predicted molar refractivity (Wildman–Crippen MR) is 115 cm³/mol. The molecule has 0 aliphatic carbocycles. The van der Waals surface area contributed by atoms with Gasteiger partial charge in [0.15, 0.2) is 12.7 Å². The summed E-state index contributed by atoms with van der Waals surface area (Å²) >= 11 is 0. The summed E-state index contributed by atoms with van der Waals surface area (Å²) in [5.41, 5.74) is 2.41. The van der Waals surface area contributed by atoms with Crippen LogP contribution in [0.25, 0.3) is 0 Å². The number of likely N-dealkylation sites (tertiary alicyclic amines) is 1. The molecule has 0 bridgehead atoms. The minimum Gasteiger partial charge on any atom is -0.452 e. The SMILES string of the molecule is Cc1cccc(C)c1NC(=O)CNC(=O)C(C)OC(=O)C1CCN(C(=O)OCC(F)(F)F)CC1. The van der Waals surface area contributed by atoms with Crippen molar-refractivity contribution in [2.75, 3.05) is 31.6 Å². The van der Waals surface area contributed by atoms with Crippen LogP contribution in [0, 0.1) is 19.8 Å². The highest BCUT2D eigenvalue weighted by Crippen LogP contribution is 2.22. The lowest BCUT2D eigenvalue weighted by Gasteiger charge is -2.30. The van der Waals surface area contributed by atoms with Gasteiger partial charge < -0.3 is 25.0 Å². The fraction of sp³-hybridized carbons (Fsp3) is 0.545. The van der Waals surface area contributed by atoms with Crippen LogP contribution in [0.4, 0.5) is 23.7 Å². The predicted octanol–water partition coefficient (Wildman–Crippen LogP) is 2.70. The van der Waals surface area contributed by atoms with Gasteiger partial charge in [0.25, 0.3) is 5.91 Å². The van der Waals surface area contributed by atoms with Gasteiger partial charge in [0.05, 0.1) is 12.5 Å². The highest BCUT2D eigenvalue weighted by Gasteiger charge is 2.34. The maximum Gasteiger partial charge on any atom is 0.422 e. The van der Waals surface area contributed by atoms with Gasteiger partial charge in [0.1, 0.15) is 0 Å². The van der Waals surface area contributed by atoms with E-state index in [0.717, 1.165) is 16.0 Å². The van der Waals surface area contributed by atoms with Crippen LogP contribution in [-0.4, -0.2) is 67.3 Å². The maximum atomic E-state index is 12.3. The second-order valence-corrected chi connectivity index (χ2v) is 8.04. The molecule has 12 heteroatoms. The second kappa shape index (κ2) is 11.7. The normalized spacial score (nSPS) is 15.3. The lowest BCUT2D eigenvalue weighted by Crippen LogP contribution is -2.44. The van der Waals surface area contributed by atoms with Crippen LogP contribution in [0.3, 0.4) is 0 Å². The fourth-order valence-corrected chi connectivity index (χ4v) is 3.36. The molecule has 0 spiro atoms. The van der Waals surface area contributed by atoms with E-state index in [0.29, 0.717) is 5.69 Å². The molecule has 1 unspecified atom stereocenters.